The zero-order valence-corrected chi connectivity index (χ0v) is 11.4. The van der Waals surface area contributed by atoms with Crippen LogP contribution in [-0.2, 0) is 13.1 Å². The SMILES string of the molecule is CCN(Cc1ccccc1)Cc1ncncc1C(=O)O. The van der Waals surface area contributed by atoms with E-state index in [9.17, 15) is 4.79 Å². The molecule has 0 aliphatic heterocycles. The monoisotopic (exact) mass is 271 g/mol. The highest BCUT2D eigenvalue weighted by molar-refractivity contribution is 5.88. The molecule has 104 valence electrons. The van der Waals surface area contributed by atoms with E-state index >= 15 is 0 Å². The van der Waals surface area contributed by atoms with E-state index in [4.69, 9.17) is 5.11 Å². The topological polar surface area (TPSA) is 66.3 Å². The predicted octanol–water partition coefficient (Wildman–Crippen LogP) is 2.20. The van der Waals surface area contributed by atoms with Crippen molar-refractivity contribution in [2.45, 2.75) is 20.0 Å². The van der Waals surface area contributed by atoms with Gasteiger partial charge in [0.15, 0.2) is 0 Å². The van der Waals surface area contributed by atoms with E-state index < -0.39 is 5.97 Å². The van der Waals surface area contributed by atoms with Crippen molar-refractivity contribution in [3.8, 4) is 0 Å². The summed E-state index contributed by atoms with van der Waals surface area (Å²) in [6.45, 7) is 4.12. The van der Waals surface area contributed by atoms with Gasteiger partial charge in [0.2, 0.25) is 0 Å². The average Bonchev–Trinajstić information content (AvgIpc) is 2.48. The number of rotatable bonds is 6. The van der Waals surface area contributed by atoms with Gasteiger partial charge in [-0.25, -0.2) is 14.8 Å². The highest BCUT2D eigenvalue weighted by atomic mass is 16.4. The van der Waals surface area contributed by atoms with Crippen LogP contribution in [0, 0.1) is 0 Å². The molecule has 5 heteroatoms. The van der Waals surface area contributed by atoms with Crippen molar-refractivity contribution >= 4 is 5.97 Å². The normalized spacial score (nSPS) is 10.7. The van der Waals surface area contributed by atoms with Crippen LogP contribution in [0.4, 0.5) is 0 Å². The number of hydrogen-bond acceptors (Lipinski definition) is 4. The smallest absolute Gasteiger partial charge is 0.339 e. The van der Waals surface area contributed by atoms with Gasteiger partial charge in [0.05, 0.1) is 5.69 Å². The van der Waals surface area contributed by atoms with Crippen molar-refractivity contribution in [2.24, 2.45) is 0 Å². The largest absolute Gasteiger partial charge is 0.478 e. The van der Waals surface area contributed by atoms with E-state index in [1.807, 2.05) is 25.1 Å². The first-order valence-corrected chi connectivity index (χ1v) is 6.49. The summed E-state index contributed by atoms with van der Waals surface area (Å²) in [5.74, 6) is -0.989. The zero-order chi connectivity index (χ0) is 14.4. The van der Waals surface area contributed by atoms with Crippen LogP contribution < -0.4 is 0 Å². The Hall–Kier alpha value is -2.27. The molecule has 1 aromatic heterocycles. The molecular weight excluding hydrogens is 254 g/mol. The first-order valence-electron chi connectivity index (χ1n) is 6.49. The molecule has 0 atom stereocenters. The molecule has 0 spiro atoms. The quantitative estimate of drug-likeness (QED) is 0.872. The number of aromatic nitrogens is 2. The van der Waals surface area contributed by atoms with Crippen LogP contribution in [0.15, 0.2) is 42.9 Å². The Morgan fingerprint density at radius 3 is 2.65 bits per heavy atom. The molecular formula is C15H17N3O2. The summed E-state index contributed by atoms with van der Waals surface area (Å²) in [7, 11) is 0. The molecule has 1 N–H and O–H groups in total. The van der Waals surface area contributed by atoms with Crippen LogP contribution in [0.2, 0.25) is 0 Å². The number of carbonyl (C=O) groups is 1. The fourth-order valence-electron chi connectivity index (χ4n) is 1.99. The van der Waals surface area contributed by atoms with Gasteiger partial charge in [0.1, 0.15) is 11.9 Å². The molecule has 0 aliphatic carbocycles. The molecule has 5 nitrogen and oxygen atoms in total. The standard InChI is InChI=1S/C15H17N3O2/c1-2-18(9-12-6-4-3-5-7-12)10-14-13(15(19)20)8-16-11-17-14/h3-8,11H,2,9-10H2,1H3,(H,19,20). The van der Waals surface area contributed by atoms with Crippen molar-refractivity contribution in [3.05, 3.63) is 59.7 Å². The summed E-state index contributed by atoms with van der Waals surface area (Å²) in [5.41, 5.74) is 1.91. The first-order chi connectivity index (χ1) is 9.70. The minimum absolute atomic E-state index is 0.166. The molecule has 0 saturated carbocycles. The molecule has 2 aromatic rings. The fourth-order valence-corrected chi connectivity index (χ4v) is 1.99. The molecule has 1 aromatic carbocycles. The van der Waals surface area contributed by atoms with Gasteiger partial charge in [-0.05, 0) is 12.1 Å². The van der Waals surface area contributed by atoms with Gasteiger partial charge in [-0.15, -0.1) is 0 Å². The van der Waals surface area contributed by atoms with Crippen LogP contribution >= 0.6 is 0 Å². The Balaban J connectivity index is 2.13. The second-order valence-corrected chi connectivity index (χ2v) is 4.48. The molecule has 0 unspecified atom stereocenters. The lowest BCUT2D eigenvalue weighted by atomic mass is 10.2. The highest BCUT2D eigenvalue weighted by Crippen LogP contribution is 2.11. The number of hydrogen-bond donors (Lipinski definition) is 1. The zero-order valence-electron chi connectivity index (χ0n) is 11.4. The minimum Gasteiger partial charge on any atom is -0.478 e. The Morgan fingerprint density at radius 2 is 2.00 bits per heavy atom. The van der Waals surface area contributed by atoms with E-state index in [0.29, 0.717) is 12.2 Å². The Labute approximate surface area is 117 Å². The van der Waals surface area contributed by atoms with E-state index in [2.05, 4.69) is 27.0 Å². The molecule has 0 fully saturated rings. The second kappa shape index (κ2) is 6.77. The summed E-state index contributed by atoms with van der Waals surface area (Å²) < 4.78 is 0. The number of aromatic carboxylic acids is 1. The molecule has 0 radical (unpaired) electrons. The molecule has 20 heavy (non-hydrogen) atoms. The third-order valence-electron chi connectivity index (χ3n) is 3.09. The van der Waals surface area contributed by atoms with Crippen LogP contribution in [0.5, 0.6) is 0 Å². The number of carboxylic acid groups (broad SMARTS) is 1. The molecule has 0 bridgehead atoms. The number of benzene rings is 1. The third kappa shape index (κ3) is 3.61. The Kier molecular flexibility index (Phi) is 4.79. The molecule has 1 heterocycles. The fraction of sp³-hybridized carbons (Fsp3) is 0.267. The molecule has 0 saturated heterocycles. The van der Waals surface area contributed by atoms with Crippen LogP contribution in [0.3, 0.4) is 0 Å². The second-order valence-electron chi connectivity index (χ2n) is 4.48. The lowest BCUT2D eigenvalue weighted by Crippen LogP contribution is -2.24. The number of carboxylic acids is 1. The van der Waals surface area contributed by atoms with Crippen molar-refractivity contribution < 1.29 is 9.90 Å². The van der Waals surface area contributed by atoms with E-state index in [-0.39, 0.29) is 5.56 Å². The average molecular weight is 271 g/mol. The summed E-state index contributed by atoms with van der Waals surface area (Å²) in [6.07, 6.45) is 2.74. The van der Waals surface area contributed by atoms with E-state index in [0.717, 1.165) is 13.1 Å². The Morgan fingerprint density at radius 1 is 1.25 bits per heavy atom. The van der Waals surface area contributed by atoms with Crippen molar-refractivity contribution in [1.29, 1.82) is 0 Å². The lowest BCUT2D eigenvalue weighted by molar-refractivity contribution is 0.0693. The molecule has 2 rings (SSSR count). The van der Waals surface area contributed by atoms with Crippen LogP contribution in [0.1, 0.15) is 28.5 Å². The van der Waals surface area contributed by atoms with E-state index in [1.54, 1.807) is 0 Å². The first kappa shape index (κ1) is 14.1. The van der Waals surface area contributed by atoms with Gasteiger partial charge >= 0.3 is 5.97 Å². The van der Waals surface area contributed by atoms with Crippen molar-refractivity contribution in [3.63, 3.8) is 0 Å². The maximum Gasteiger partial charge on any atom is 0.339 e. The molecule has 0 aliphatic rings. The van der Waals surface area contributed by atoms with Crippen molar-refractivity contribution in [1.82, 2.24) is 14.9 Å². The maximum absolute atomic E-state index is 11.2. The van der Waals surface area contributed by atoms with Gasteiger partial charge in [-0.1, -0.05) is 37.3 Å². The van der Waals surface area contributed by atoms with Gasteiger partial charge in [-0.3, -0.25) is 4.90 Å². The van der Waals surface area contributed by atoms with Gasteiger partial charge in [-0.2, -0.15) is 0 Å². The van der Waals surface area contributed by atoms with Crippen LogP contribution in [0.25, 0.3) is 0 Å². The van der Waals surface area contributed by atoms with Crippen LogP contribution in [-0.4, -0.2) is 32.5 Å². The maximum atomic E-state index is 11.2. The Bertz CT molecular complexity index is 572. The van der Waals surface area contributed by atoms with Gasteiger partial charge < -0.3 is 5.11 Å². The van der Waals surface area contributed by atoms with Gasteiger partial charge in [0, 0.05) is 19.3 Å². The van der Waals surface area contributed by atoms with Gasteiger partial charge in [0.25, 0.3) is 0 Å². The van der Waals surface area contributed by atoms with Crippen molar-refractivity contribution in [2.75, 3.05) is 6.54 Å². The highest BCUT2D eigenvalue weighted by Gasteiger charge is 2.14. The summed E-state index contributed by atoms with van der Waals surface area (Å²) in [6, 6.07) is 10.1. The minimum atomic E-state index is -0.989. The summed E-state index contributed by atoms with van der Waals surface area (Å²) in [4.78, 5) is 21.2. The number of nitrogens with zero attached hydrogens (tertiary/aromatic N) is 3. The third-order valence-corrected chi connectivity index (χ3v) is 3.09. The summed E-state index contributed by atoms with van der Waals surface area (Å²) in [5, 5.41) is 9.14. The van der Waals surface area contributed by atoms with E-state index in [1.165, 1.54) is 18.1 Å². The predicted molar refractivity (Wildman–Crippen MR) is 75.2 cm³/mol. The molecule has 0 amide bonds. The lowest BCUT2D eigenvalue weighted by Gasteiger charge is -2.20. The summed E-state index contributed by atoms with van der Waals surface area (Å²) >= 11 is 0.